The third kappa shape index (κ3) is 2.81. The fraction of sp³-hybridized carbons (Fsp3) is 0.273. The quantitative estimate of drug-likeness (QED) is 0.616. The second-order valence-electron chi connectivity index (χ2n) is 3.35. The lowest BCUT2D eigenvalue weighted by Crippen LogP contribution is -2.19. The van der Waals surface area contributed by atoms with Gasteiger partial charge in [-0.3, -0.25) is 0 Å². The molecule has 0 aromatic heterocycles. The molecule has 0 unspecified atom stereocenters. The molecule has 0 spiro atoms. The maximum Gasteiger partial charge on any atom is 0.417 e. The first-order valence-corrected chi connectivity index (χ1v) is 4.74. The number of nitrogens with zero attached hydrogens (tertiary/aromatic N) is 1. The number of carbonyl (C=O) groups excluding carboxylic acids is 1. The minimum absolute atomic E-state index is 0.471. The van der Waals surface area contributed by atoms with Crippen LogP contribution < -0.4 is 0 Å². The highest BCUT2D eigenvalue weighted by atomic mass is 19.4. The second kappa shape index (κ2) is 5.22. The van der Waals surface area contributed by atoms with Crippen molar-refractivity contribution in [2.24, 2.45) is 0 Å². The Kier molecular flexibility index (Phi) is 4.09. The number of hydrogen-bond donors (Lipinski definition) is 0. The summed E-state index contributed by atoms with van der Waals surface area (Å²) in [6, 6.07) is 2.54. The lowest BCUT2D eigenvalue weighted by atomic mass is 9.96. The molecule has 0 aliphatic carbocycles. The van der Waals surface area contributed by atoms with Gasteiger partial charge in [-0.1, -0.05) is 6.07 Å². The number of methoxy groups -OCH3 is 1. The summed E-state index contributed by atoms with van der Waals surface area (Å²) >= 11 is 0. The summed E-state index contributed by atoms with van der Waals surface area (Å²) in [5.41, 5.74) is -5.08. The molecule has 0 aliphatic rings. The van der Waals surface area contributed by atoms with Crippen LogP contribution in [0.2, 0.25) is 0 Å². The van der Waals surface area contributed by atoms with Crippen LogP contribution in [0, 0.1) is 11.3 Å². The van der Waals surface area contributed by atoms with Crippen LogP contribution >= 0.6 is 0 Å². The predicted octanol–water partition coefficient (Wildman–Crippen LogP) is 3.30. The van der Waals surface area contributed by atoms with Gasteiger partial charge in [0, 0.05) is 5.56 Å². The van der Waals surface area contributed by atoms with Gasteiger partial charge in [-0.25, -0.2) is 13.6 Å². The molecule has 0 saturated heterocycles. The van der Waals surface area contributed by atoms with Crippen molar-refractivity contribution >= 4 is 5.97 Å². The Morgan fingerprint density at radius 2 is 1.95 bits per heavy atom. The van der Waals surface area contributed by atoms with E-state index in [9.17, 15) is 26.7 Å². The van der Waals surface area contributed by atoms with Gasteiger partial charge in [0.05, 0.1) is 23.8 Å². The average molecular weight is 279 g/mol. The van der Waals surface area contributed by atoms with Crippen molar-refractivity contribution in [3.05, 3.63) is 34.4 Å². The summed E-state index contributed by atoms with van der Waals surface area (Å²) in [7, 11) is 0.790. The second-order valence-corrected chi connectivity index (χ2v) is 3.35. The Morgan fingerprint density at radius 3 is 2.32 bits per heavy atom. The Morgan fingerprint density at radius 1 is 1.37 bits per heavy atom. The van der Waals surface area contributed by atoms with Crippen molar-refractivity contribution in [1.29, 1.82) is 5.26 Å². The molecule has 0 radical (unpaired) electrons. The maximum atomic E-state index is 12.8. The van der Waals surface area contributed by atoms with E-state index in [1.807, 2.05) is 0 Å². The number of alkyl halides is 5. The van der Waals surface area contributed by atoms with Gasteiger partial charge >= 0.3 is 12.1 Å². The summed E-state index contributed by atoms with van der Waals surface area (Å²) < 4.78 is 67.8. The highest BCUT2D eigenvalue weighted by molar-refractivity contribution is 5.94. The zero-order valence-corrected chi connectivity index (χ0v) is 9.39. The number of hydrogen-bond acceptors (Lipinski definition) is 3. The summed E-state index contributed by atoms with van der Waals surface area (Å²) in [6.07, 6.45) is -8.64. The highest BCUT2D eigenvalue weighted by Gasteiger charge is 2.41. The average Bonchev–Trinajstić information content (AvgIpc) is 2.34. The van der Waals surface area contributed by atoms with Gasteiger partial charge < -0.3 is 4.74 Å². The van der Waals surface area contributed by atoms with Gasteiger partial charge in [0.2, 0.25) is 0 Å². The minimum Gasteiger partial charge on any atom is -0.465 e. The standard InChI is InChI=1S/C11H6F5NO2/c1-19-10(18)7-5(4-17)2-3-6(9(12)13)8(7)11(14,15)16/h2-3,9H,1H3. The third-order valence-electron chi connectivity index (χ3n) is 2.27. The van der Waals surface area contributed by atoms with Crippen LogP contribution in [-0.4, -0.2) is 13.1 Å². The molecule has 19 heavy (non-hydrogen) atoms. The fourth-order valence-electron chi connectivity index (χ4n) is 1.51. The normalized spacial score (nSPS) is 11.3. The topological polar surface area (TPSA) is 50.1 Å². The first-order valence-electron chi connectivity index (χ1n) is 4.74. The highest BCUT2D eigenvalue weighted by Crippen LogP contribution is 2.40. The molecule has 0 amide bonds. The summed E-state index contributed by atoms with van der Waals surface area (Å²) in [5.74, 6) is -1.49. The van der Waals surface area contributed by atoms with Crippen molar-refractivity contribution in [3.63, 3.8) is 0 Å². The smallest absolute Gasteiger partial charge is 0.417 e. The molecule has 102 valence electrons. The first kappa shape index (κ1) is 14.9. The molecule has 0 N–H and O–H groups in total. The summed E-state index contributed by atoms with van der Waals surface area (Å²) in [6.45, 7) is 0. The zero-order valence-electron chi connectivity index (χ0n) is 9.39. The van der Waals surface area contributed by atoms with Gasteiger partial charge in [0.1, 0.15) is 6.07 Å². The number of halogens is 5. The van der Waals surface area contributed by atoms with Crippen LogP contribution in [0.3, 0.4) is 0 Å². The zero-order chi connectivity index (χ0) is 14.8. The van der Waals surface area contributed by atoms with Crippen molar-refractivity contribution in [1.82, 2.24) is 0 Å². The predicted molar refractivity (Wildman–Crippen MR) is 52.5 cm³/mol. The van der Waals surface area contributed by atoms with Crippen molar-refractivity contribution in [2.45, 2.75) is 12.6 Å². The molecule has 1 rings (SSSR count). The molecule has 1 aromatic carbocycles. The SMILES string of the molecule is COC(=O)c1c(C#N)ccc(C(F)F)c1C(F)(F)F. The molecule has 0 bridgehead atoms. The van der Waals surface area contributed by atoms with E-state index in [4.69, 9.17) is 5.26 Å². The van der Waals surface area contributed by atoms with Crippen LogP contribution in [0.1, 0.15) is 33.5 Å². The van der Waals surface area contributed by atoms with Crippen molar-refractivity contribution in [3.8, 4) is 6.07 Å². The number of nitriles is 1. The van der Waals surface area contributed by atoms with E-state index in [1.165, 1.54) is 6.07 Å². The molecule has 1 aromatic rings. The lowest BCUT2D eigenvalue weighted by Gasteiger charge is -2.16. The molecular formula is C11H6F5NO2. The molecule has 0 heterocycles. The van der Waals surface area contributed by atoms with Gasteiger partial charge in [-0.05, 0) is 6.07 Å². The Balaban J connectivity index is 3.78. The largest absolute Gasteiger partial charge is 0.465 e. The van der Waals surface area contributed by atoms with E-state index in [-0.39, 0.29) is 0 Å². The number of ether oxygens (including phenoxy) is 1. The monoisotopic (exact) mass is 279 g/mol. The lowest BCUT2D eigenvalue weighted by molar-refractivity contribution is -0.140. The summed E-state index contributed by atoms with van der Waals surface area (Å²) in [5, 5.41) is 8.67. The number of esters is 1. The fourth-order valence-corrected chi connectivity index (χ4v) is 1.51. The van der Waals surface area contributed by atoms with E-state index in [0.717, 1.165) is 13.2 Å². The van der Waals surface area contributed by atoms with Crippen LogP contribution in [0.25, 0.3) is 0 Å². The molecule has 0 aliphatic heterocycles. The number of carbonyl (C=O) groups is 1. The van der Waals surface area contributed by atoms with Crippen LogP contribution in [0.4, 0.5) is 22.0 Å². The third-order valence-corrected chi connectivity index (χ3v) is 2.27. The molecule has 8 heteroatoms. The van der Waals surface area contributed by atoms with Crippen molar-refractivity contribution in [2.75, 3.05) is 7.11 Å². The van der Waals surface area contributed by atoms with Crippen molar-refractivity contribution < 1.29 is 31.5 Å². The molecular weight excluding hydrogens is 273 g/mol. The Bertz CT molecular complexity index is 545. The molecule has 0 saturated carbocycles. The van der Waals surface area contributed by atoms with E-state index in [1.54, 1.807) is 0 Å². The van der Waals surface area contributed by atoms with Gasteiger partial charge in [0.15, 0.2) is 0 Å². The van der Waals surface area contributed by atoms with E-state index in [2.05, 4.69) is 4.74 Å². The van der Waals surface area contributed by atoms with Gasteiger partial charge in [0.25, 0.3) is 6.43 Å². The van der Waals surface area contributed by atoms with Crippen LogP contribution in [0.5, 0.6) is 0 Å². The van der Waals surface area contributed by atoms with Crippen LogP contribution in [0.15, 0.2) is 12.1 Å². The number of benzene rings is 1. The number of rotatable bonds is 2. The van der Waals surface area contributed by atoms with Gasteiger partial charge in [-0.2, -0.15) is 18.4 Å². The van der Waals surface area contributed by atoms with Gasteiger partial charge in [-0.15, -0.1) is 0 Å². The molecule has 3 nitrogen and oxygen atoms in total. The Labute approximate surface area is 104 Å². The maximum absolute atomic E-state index is 12.8. The first-order chi connectivity index (χ1) is 8.73. The summed E-state index contributed by atoms with van der Waals surface area (Å²) in [4.78, 5) is 11.3. The Hall–Kier alpha value is -2.17. The molecule has 0 fully saturated rings. The van der Waals surface area contributed by atoms with E-state index >= 15 is 0 Å². The minimum atomic E-state index is -5.21. The van der Waals surface area contributed by atoms with E-state index < -0.39 is 40.8 Å². The van der Waals surface area contributed by atoms with E-state index in [0.29, 0.717) is 6.07 Å². The molecule has 0 atom stereocenters. The van der Waals surface area contributed by atoms with Crippen LogP contribution in [-0.2, 0) is 10.9 Å².